The molecule has 0 spiro atoms. The highest BCUT2D eigenvalue weighted by molar-refractivity contribution is 5.85. The fourth-order valence-electron chi connectivity index (χ4n) is 2.13. The molecule has 124 valence electrons. The molecule has 1 aromatic carbocycles. The smallest absolute Gasteiger partial charge is 0.241 e. The number of carbonyl (C=O) groups is 2. The van der Waals surface area contributed by atoms with Crippen molar-refractivity contribution in [2.45, 2.75) is 32.7 Å². The van der Waals surface area contributed by atoms with Crippen LogP contribution in [0, 0.1) is 6.92 Å². The van der Waals surface area contributed by atoms with E-state index in [0.29, 0.717) is 0 Å². The Morgan fingerprint density at radius 1 is 1.27 bits per heavy atom. The van der Waals surface area contributed by atoms with Crippen molar-refractivity contribution in [3.05, 3.63) is 35.4 Å². The normalized spacial score (nSPS) is 11.3. The second-order valence-electron chi connectivity index (χ2n) is 5.24. The number of amides is 2. The van der Waals surface area contributed by atoms with Gasteiger partial charge in [-0.25, -0.2) is 0 Å². The number of aryl methyl sites for hydroxylation is 1. The summed E-state index contributed by atoms with van der Waals surface area (Å²) in [5.74, 6) is -0.418. The molecule has 1 aromatic rings. The van der Waals surface area contributed by atoms with Crippen molar-refractivity contribution in [2.75, 3.05) is 20.1 Å². The van der Waals surface area contributed by atoms with Crippen LogP contribution in [-0.2, 0) is 16.0 Å². The van der Waals surface area contributed by atoms with E-state index in [0.717, 1.165) is 12.8 Å². The summed E-state index contributed by atoms with van der Waals surface area (Å²) in [5.41, 5.74) is 7.63. The summed E-state index contributed by atoms with van der Waals surface area (Å²) < 4.78 is 0. The van der Waals surface area contributed by atoms with Crippen LogP contribution in [0.3, 0.4) is 0 Å². The molecule has 0 fully saturated rings. The first-order valence-electron chi connectivity index (χ1n) is 7.25. The summed E-state index contributed by atoms with van der Waals surface area (Å²) >= 11 is 0. The van der Waals surface area contributed by atoms with Crippen molar-refractivity contribution >= 4 is 24.2 Å². The van der Waals surface area contributed by atoms with Gasteiger partial charge in [-0.05, 0) is 25.3 Å². The van der Waals surface area contributed by atoms with Gasteiger partial charge in [0, 0.05) is 13.1 Å². The van der Waals surface area contributed by atoms with Crippen LogP contribution in [0.2, 0.25) is 0 Å². The monoisotopic (exact) mass is 327 g/mol. The molecule has 2 amide bonds. The second kappa shape index (κ2) is 10.2. The second-order valence-corrected chi connectivity index (χ2v) is 5.24. The third-order valence-corrected chi connectivity index (χ3v) is 3.63. The number of hydrogen-bond acceptors (Lipinski definition) is 3. The van der Waals surface area contributed by atoms with Crippen molar-refractivity contribution in [3.63, 3.8) is 0 Å². The minimum absolute atomic E-state index is 0. The molecule has 0 aromatic heterocycles. The van der Waals surface area contributed by atoms with Gasteiger partial charge in [0.2, 0.25) is 11.8 Å². The lowest BCUT2D eigenvalue weighted by molar-refractivity contribution is -0.133. The maximum Gasteiger partial charge on any atom is 0.241 e. The lowest BCUT2D eigenvalue weighted by Gasteiger charge is -2.27. The predicted molar refractivity (Wildman–Crippen MR) is 91.0 cm³/mol. The van der Waals surface area contributed by atoms with Crippen LogP contribution in [0.15, 0.2) is 24.3 Å². The average Bonchev–Trinajstić information content (AvgIpc) is 2.50. The van der Waals surface area contributed by atoms with Crippen molar-refractivity contribution in [2.24, 2.45) is 5.73 Å². The number of nitrogens with two attached hydrogens (primary N) is 1. The van der Waals surface area contributed by atoms with Gasteiger partial charge in [0.25, 0.3) is 0 Å². The van der Waals surface area contributed by atoms with Crippen LogP contribution >= 0.6 is 12.4 Å². The van der Waals surface area contributed by atoms with Crippen LogP contribution in [0.4, 0.5) is 0 Å². The molecule has 0 aliphatic carbocycles. The van der Waals surface area contributed by atoms with E-state index in [2.05, 4.69) is 43.4 Å². The van der Waals surface area contributed by atoms with Crippen LogP contribution in [0.25, 0.3) is 0 Å². The Morgan fingerprint density at radius 2 is 1.86 bits per heavy atom. The highest BCUT2D eigenvalue weighted by Crippen LogP contribution is 2.12. The zero-order valence-corrected chi connectivity index (χ0v) is 14.3. The maximum atomic E-state index is 12.1. The van der Waals surface area contributed by atoms with E-state index in [9.17, 15) is 9.59 Å². The van der Waals surface area contributed by atoms with Gasteiger partial charge in [-0.1, -0.05) is 36.8 Å². The van der Waals surface area contributed by atoms with Crippen LogP contribution in [0.1, 0.15) is 24.5 Å². The Bertz CT molecular complexity index is 477. The topological polar surface area (TPSA) is 75.4 Å². The summed E-state index contributed by atoms with van der Waals surface area (Å²) in [6.07, 6.45) is 1.67. The molecule has 1 rings (SSSR count). The van der Waals surface area contributed by atoms with E-state index in [4.69, 9.17) is 5.73 Å². The molecule has 6 heteroatoms. The van der Waals surface area contributed by atoms with Crippen molar-refractivity contribution < 1.29 is 9.59 Å². The number of nitrogens with one attached hydrogen (secondary N) is 1. The molecule has 5 nitrogen and oxygen atoms in total. The number of rotatable bonds is 7. The number of benzene rings is 1. The van der Waals surface area contributed by atoms with Gasteiger partial charge in [0.05, 0.1) is 13.1 Å². The van der Waals surface area contributed by atoms with Crippen LogP contribution in [-0.4, -0.2) is 42.9 Å². The van der Waals surface area contributed by atoms with Crippen molar-refractivity contribution in [1.82, 2.24) is 10.2 Å². The standard InChI is InChI=1S/C16H25N3O2.ClH/c1-4-14(9-13-7-5-12(2)6-8-13)19(3)16(21)11-18-15(20)10-17;/h5-8,14H,4,9-11,17H2,1-3H3,(H,18,20);1H. The molecular weight excluding hydrogens is 302 g/mol. The first-order chi connectivity index (χ1) is 9.97. The fourth-order valence-corrected chi connectivity index (χ4v) is 2.13. The Morgan fingerprint density at radius 3 is 2.36 bits per heavy atom. The SMILES string of the molecule is CCC(Cc1ccc(C)cc1)N(C)C(=O)CNC(=O)CN.Cl. The first kappa shape index (κ1) is 20.4. The number of halogens is 1. The van der Waals surface area contributed by atoms with Gasteiger partial charge in [0.1, 0.15) is 0 Å². The number of carbonyl (C=O) groups excluding carboxylic acids is 2. The lowest BCUT2D eigenvalue weighted by atomic mass is 10.0. The highest BCUT2D eigenvalue weighted by Gasteiger charge is 2.19. The van der Waals surface area contributed by atoms with E-state index in [1.54, 1.807) is 11.9 Å². The molecule has 0 aliphatic rings. The van der Waals surface area contributed by atoms with E-state index in [-0.39, 0.29) is 43.4 Å². The van der Waals surface area contributed by atoms with Gasteiger partial charge in [-0.15, -0.1) is 12.4 Å². The fraction of sp³-hybridized carbons (Fsp3) is 0.500. The Kier molecular flexibility index (Phi) is 9.45. The molecular formula is C16H26ClN3O2. The third-order valence-electron chi connectivity index (χ3n) is 3.63. The van der Waals surface area contributed by atoms with E-state index in [1.807, 2.05) is 0 Å². The Hall–Kier alpha value is -1.59. The largest absolute Gasteiger partial charge is 0.346 e. The zero-order chi connectivity index (χ0) is 15.8. The van der Waals surface area contributed by atoms with Gasteiger partial charge >= 0.3 is 0 Å². The van der Waals surface area contributed by atoms with Crippen molar-refractivity contribution in [1.29, 1.82) is 0 Å². The molecule has 0 heterocycles. The molecule has 1 atom stereocenters. The Balaban J connectivity index is 0.00000441. The number of nitrogens with zero attached hydrogens (tertiary/aromatic N) is 1. The summed E-state index contributed by atoms with van der Waals surface area (Å²) in [6, 6.07) is 8.45. The number of likely N-dealkylation sites (N-methyl/N-ethyl adjacent to an activating group) is 1. The van der Waals surface area contributed by atoms with Crippen molar-refractivity contribution in [3.8, 4) is 0 Å². The molecule has 0 bridgehead atoms. The third kappa shape index (κ3) is 6.45. The minimum atomic E-state index is -0.316. The minimum Gasteiger partial charge on any atom is -0.346 e. The molecule has 3 N–H and O–H groups in total. The Labute approximate surface area is 138 Å². The summed E-state index contributed by atoms with van der Waals surface area (Å²) in [5, 5.41) is 2.51. The first-order valence-corrected chi connectivity index (χ1v) is 7.25. The predicted octanol–water partition coefficient (Wildman–Crippen LogP) is 1.27. The van der Waals surface area contributed by atoms with Gasteiger partial charge in [0.15, 0.2) is 0 Å². The molecule has 22 heavy (non-hydrogen) atoms. The van der Waals surface area contributed by atoms with Gasteiger partial charge < -0.3 is 16.0 Å². The van der Waals surface area contributed by atoms with E-state index >= 15 is 0 Å². The van der Waals surface area contributed by atoms with E-state index < -0.39 is 0 Å². The maximum absolute atomic E-state index is 12.1. The van der Waals surface area contributed by atoms with Crippen LogP contribution in [0.5, 0.6) is 0 Å². The van der Waals surface area contributed by atoms with Crippen LogP contribution < -0.4 is 11.1 Å². The van der Waals surface area contributed by atoms with E-state index in [1.165, 1.54) is 11.1 Å². The lowest BCUT2D eigenvalue weighted by Crippen LogP contribution is -2.45. The van der Waals surface area contributed by atoms with Gasteiger partial charge in [-0.3, -0.25) is 9.59 Å². The summed E-state index contributed by atoms with van der Waals surface area (Å²) in [7, 11) is 1.78. The molecule has 0 aliphatic heterocycles. The highest BCUT2D eigenvalue weighted by atomic mass is 35.5. The zero-order valence-electron chi connectivity index (χ0n) is 13.5. The van der Waals surface area contributed by atoms with Gasteiger partial charge in [-0.2, -0.15) is 0 Å². The quantitative estimate of drug-likeness (QED) is 0.792. The molecule has 0 saturated heterocycles. The summed E-state index contributed by atoms with van der Waals surface area (Å²) in [4.78, 5) is 24.9. The molecule has 1 unspecified atom stereocenters. The molecule has 0 saturated carbocycles. The molecule has 0 radical (unpaired) electrons. The number of hydrogen-bond donors (Lipinski definition) is 2. The average molecular weight is 328 g/mol. The summed E-state index contributed by atoms with van der Waals surface area (Å²) in [6.45, 7) is 4.01.